The van der Waals surface area contributed by atoms with E-state index < -0.39 is 0 Å². The molecule has 1 heterocycles. The third kappa shape index (κ3) is 4.04. The molecule has 0 N–H and O–H groups in total. The smallest absolute Gasteiger partial charge is 0.262 e. The van der Waals surface area contributed by atoms with E-state index in [4.69, 9.17) is 21.1 Å². The topological polar surface area (TPSA) is 38.8 Å². The number of rotatable bonds is 5. The molecule has 34 heavy (non-hydrogen) atoms. The van der Waals surface area contributed by atoms with E-state index >= 15 is 0 Å². The molecule has 1 aliphatic heterocycles. The van der Waals surface area contributed by atoms with Crippen molar-refractivity contribution >= 4 is 45.7 Å². The Balaban J connectivity index is 1.62. The van der Waals surface area contributed by atoms with E-state index in [2.05, 4.69) is 6.07 Å². The van der Waals surface area contributed by atoms with Gasteiger partial charge in [0.15, 0.2) is 11.5 Å². The maximum atomic E-state index is 13.7. The van der Waals surface area contributed by atoms with Crippen LogP contribution in [0.25, 0.3) is 22.5 Å². The SMILES string of the molecule is COc1ccc(/C=C2\C=C(c3ccc(Cl)cc3)N(c3ccc4ccccc4c3)C2=O)cc1OC. The molecular formula is C29H22ClNO3. The Bertz CT molecular complexity index is 1450. The molecule has 4 aromatic carbocycles. The summed E-state index contributed by atoms with van der Waals surface area (Å²) >= 11 is 6.12. The second kappa shape index (κ2) is 9.08. The van der Waals surface area contributed by atoms with E-state index in [-0.39, 0.29) is 5.91 Å². The van der Waals surface area contributed by atoms with Gasteiger partial charge in [0.25, 0.3) is 5.91 Å². The van der Waals surface area contributed by atoms with Crippen LogP contribution in [0.15, 0.2) is 96.6 Å². The van der Waals surface area contributed by atoms with E-state index in [1.54, 1.807) is 19.1 Å². The fourth-order valence-corrected chi connectivity index (χ4v) is 4.27. The summed E-state index contributed by atoms with van der Waals surface area (Å²) < 4.78 is 10.8. The molecule has 0 radical (unpaired) electrons. The minimum absolute atomic E-state index is 0.102. The number of ether oxygens (including phenoxy) is 2. The van der Waals surface area contributed by atoms with Crippen LogP contribution in [0.5, 0.6) is 11.5 Å². The summed E-state index contributed by atoms with van der Waals surface area (Å²) in [6.07, 6.45) is 3.78. The maximum Gasteiger partial charge on any atom is 0.262 e. The average Bonchev–Trinajstić information content (AvgIpc) is 3.19. The highest BCUT2D eigenvalue weighted by Gasteiger charge is 2.30. The van der Waals surface area contributed by atoms with Crippen molar-refractivity contribution in [3.63, 3.8) is 0 Å². The van der Waals surface area contributed by atoms with Crippen molar-refractivity contribution in [3.05, 3.63) is 113 Å². The van der Waals surface area contributed by atoms with Crippen LogP contribution in [0.2, 0.25) is 5.02 Å². The van der Waals surface area contributed by atoms with Crippen LogP contribution in [-0.4, -0.2) is 20.1 Å². The third-order valence-electron chi connectivity index (χ3n) is 5.84. The van der Waals surface area contributed by atoms with Crippen LogP contribution in [0.3, 0.4) is 0 Å². The second-order valence-electron chi connectivity index (χ2n) is 7.92. The molecule has 0 spiro atoms. The van der Waals surface area contributed by atoms with Gasteiger partial charge in [-0.15, -0.1) is 0 Å². The zero-order valence-electron chi connectivity index (χ0n) is 18.8. The fourth-order valence-electron chi connectivity index (χ4n) is 4.14. The highest BCUT2D eigenvalue weighted by atomic mass is 35.5. The van der Waals surface area contributed by atoms with E-state index in [1.165, 1.54) is 0 Å². The number of carbonyl (C=O) groups excluding carboxylic acids is 1. The molecule has 4 aromatic rings. The molecule has 1 aliphatic rings. The number of benzene rings is 4. The minimum Gasteiger partial charge on any atom is -0.493 e. The highest BCUT2D eigenvalue weighted by Crippen LogP contribution is 2.37. The lowest BCUT2D eigenvalue weighted by atomic mass is 10.1. The van der Waals surface area contributed by atoms with Crippen molar-refractivity contribution in [1.29, 1.82) is 0 Å². The number of anilines is 1. The van der Waals surface area contributed by atoms with E-state index in [0.717, 1.165) is 33.3 Å². The number of hydrogen-bond donors (Lipinski definition) is 0. The Morgan fingerprint density at radius 1 is 0.794 bits per heavy atom. The Morgan fingerprint density at radius 2 is 1.53 bits per heavy atom. The largest absolute Gasteiger partial charge is 0.493 e. The van der Waals surface area contributed by atoms with Gasteiger partial charge < -0.3 is 9.47 Å². The van der Waals surface area contributed by atoms with Crippen LogP contribution in [0.1, 0.15) is 11.1 Å². The maximum absolute atomic E-state index is 13.7. The summed E-state index contributed by atoms with van der Waals surface area (Å²) in [6.45, 7) is 0. The van der Waals surface area contributed by atoms with Crippen molar-refractivity contribution in [3.8, 4) is 11.5 Å². The molecule has 0 saturated carbocycles. The van der Waals surface area contributed by atoms with Crippen molar-refractivity contribution in [2.24, 2.45) is 0 Å². The molecular weight excluding hydrogens is 446 g/mol. The van der Waals surface area contributed by atoms with Crippen molar-refractivity contribution in [2.45, 2.75) is 0 Å². The molecule has 4 nitrogen and oxygen atoms in total. The van der Waals surface area contributed by atoms with Gasteiger partial charge in [0.05, 0.1) is 19.9 Å². The van der Waals surface area contributed by atoms with E-state index in [9.17, 15) is 4.79 Å². The number of carbonyl (C=O) groups is 1. The van der Waals surface area contributed by atoms with Gasteiger partial charge in [0.1, 0.15) is 0 Å². The standard InChI is InChI=1S/C29H22ClNO3/c1-33-27-14-7-19(16-28(27)34-2)15-23-18-26(21-8-11-24(30)12-9-21)31(29(23)32)25-13-10-20-5-3-4-6-22(20)17-25/h3-18H,1-2H3/b23-15+. The first-order chi connectivity index (χ1) is 16.6. The summed E-state index contributed by atoms with van der Waals surface area (Å²) in [5.74, 6) is 1.14. The molecule has 0 atom stereocenters. The van der Waals surface area contributed by atoms with Gasteiger partial charge >= 0.3 is 0 Å². The first-order valence-electron chi connectivity index (χ1n) is 10.8. The first kappa shape index (κ1) is 21.8. The van der Waals surface area contributed by atoms with Crippen molar-refractivity contribution in [1.82, 2.24) is 0 Å². The lowest BCUT2D eigenvalue weighted by Gasteiger charge is -2.21. The fraction of sp³-hybridized carbons (Fsp3) is 0.0690. The highest BCUT2D eigenvalue weighted by molar-refractivity contribution is 6.30. The lowest BCUT2D eigenvalue weighted by molar-refractivity contribution is -0.113. The monoisotopic (exact) mass is 467 g/mol. The number of fused-ring (bicyclic) bond motifs is 1. The molecule has 0 saturated heterocycles. The summed E-state index contributed by atoms with van der Waals surface area (Å²) in [7, 11) is 3.19. The molecule has 0 fully saturated rings. The minimum atomic E-state index is -0.102. The van der Waals surface area contributed by atoms with Crippen LogP contribution in [0, 0.1) is 0 Å². The molecule has 0 bridgehead atoms. The van der Waals surface area contributed by atoms with E-state index in [1.807, 2.05) is 91.0 Å². The summed E-state index contributed by atoms with van der Waals surface area (Å²) in [5, 5.41) is 2.84. The molecule has 5 heteroatoms. The number of methoxy groups -OCH3 is 2. The Kier molecular flexibility index (Phi) is 5.83. The van der Waals surface area contributed by atoms with Gasteiger partial charge in [-0.05, 0) is 70.4 Å². The lowest BCUT2D eigenvalue weighted by Crippen LogP contribution is -2.24. The third-order valence-corrected chi connectivity index (χ3v) is 6.10. The molecule has 1 amide bonds. The average molecular weight is 468 g/mol. The first-order valence-corrected chi connectivity index (χ1v) is 11.2. The van der Waals surface area contributed by atoms with Gasteiger partial charge in [-0.3, -0.25) is 9.69 Å². The van der Waals surface area contributed by atoms with E-state index in [0.29, 0.717) is 22.1 Å². The van der Waals surface area contributed by atoms with Gasteiger partial charge in [0, 0.05) is 16.3 Å². The predicted molar refractivity (Wildman–Crippen MR) is 138 cm³/mol. The molecule has 0 aromatic heterocycles. The van der Waals surface area contributed by atoms with Crippen LogP contribution in [0.4, 0.5) is 5.69 Å². The number of amides is 1. The Hall–Kier alpha value is -4.02. The number of halogens is 1. The predicted octanol–water partition coefficient (Wildman–Crippen LogP) is 6.98. The zero-order chi connectivity index (χ0) is 23.7. The number of hydrogen-bond acceptors (Lipinski definition) is 3. The van der Waals surface area contributed by atoms with Crippen LogP contribution < -0.4 is 14.4 Å². The van der Waals surface area contributed by atoms with Gasteiger partial charge in [-0.2, -0.15) is 0 Å². The van der Waals surface area contributed by atoms with Gasteiger partial charge in [-0.25, -0.2) is 0 Å². The van der Waals surface area contributed by atoms with Gasteiger partial charge in [0.2, 0.25) is 0 Å². The summed E-state index contributed by atoms with van der Waals surface area (Å²) in [4.78, 5) is 15.5. The molecule has 5 rings (SSSR count). The molecule has 168 valence electrons. The molecule has 0 aliphatic carbocycles. The second-order valence-corrected chi connectivity index (χ2v) is 8.36. The zero-order valence-corrected chi connectivity index (χ0v) is 19.5. The summed E-state index contributed by atoms with van der Waals surface area (Å²) in [5.41, 5.74) is 3.92. The van der Waals surface area contributed by atoms with Gasteiger partial charge in [-0.1, -0.05) is 60.1 Å². The van der Waals surface area contributed by atoms with Crippen LogP contribution in [-0.2, 0) is 4.79 Å². The summed E-state index contributed by atoms with van der Waals surface area (Å²) in [6, 6.07) is 27.3. The normalized spacial score (nSPS) is 14.6. The Morgan fingerprint density at radius 3 is 2.26 bits per heavy atom. The van der Waals surface area contributed by atoms with Crippen molar-refractivity contribution < 1.29 is 14.3 Å². The Labute approximate surface area is 203 Å². The molecule has 0 unspecified atom stereocenters. The van der Waals surface area contributed by atoms with Crippen molar-refractivity contribution in [2.75, 3.05) is 19.1 Å². The number of nitrogens with zero attached hydrogens (tertiary/aromatic N) is 1. The quantitative estimate of drug-likeness (QED) is 0.297. The van der Waals surface area contributed by atoms with Crippen LogP contribution >= 0.6 is 11.6 Å².